The number of nitrogens with one attached hydrogen (secondary N) is 2. The molecule has 2 aliphatic heterocycles. The van der Waals surface area contributed by atoms with E-state index in [0.717, 1.165) is 36.8 Å². The van der Waals surface area contributed by atoms with Crippen molar-refractivity contribution in [2.45, 2.75) is 25.7 Å². The van der Waals surface area contributed by atoms with Gasteiger partial charge in [0, 0.05) is 42.9 Å². The zero-order valence-electron chi connectivity index (χ0n) is 16.1. The maximum atomic E-state index is 12.8. The van der Waals surface area contributed by atoms with Gasteiger partial charge in [0.2, 0.25) is 5.91 Å². The van der Waals surface area contributed by atoms with Crippen LogP contribution in [0.2, 0.25) is 5.02 Å². The van der Waals surface area contributed by atoms with Crippen LogP contribution in [-0.2, 0) is 11.2 Å². The third kappa shape index (κ3) is 4.32. The summed E-state index contributed by atoms with van der Waals surface area (Å²) < 4.78 is 0. The number of amides is 1. The Labute approximate surface area is 171 Å². The lowest BCUT2D eigenvalue weighted by molar-refractivity contribution is -0.132. The number of anilines is 1. The lowest BCUT2D eigenvalue weighted by Crippen LogP contribution is -2.69. The molecule has 0 aliphatic carbocycles. The topological polar surface area (TPSA) is 47.6 Å². The molecule has 6 heteroatoms. The van der Waals surface area contributed by atoms with Crippen LogP contribution in [-0.4, -0.2) is 49.3 Å². The second-order valence-corrected chi connectivity index (χ2v) is 8.10. The van der Waals surface area contributed by atoms with E-state index in [9.17, 15) is 4.79 Å². The van der Waals surface area contributed by atoms with Crippen LogP contribution in [0.4, 0.5) is 5.69 Å². The molecule has 2 N–H and O–H groups in total. The highest BCUT2D eigenvalue weighted by Crippen LogP contribution is 2.21. The van der Waals surface area contributed by atoms with Gasteiger partial charge in [0.15, 0.2) is 0 Å². The minimum absolute atomic E-state index is 0.0805. The van der Waals surface area contributed by atoms with E-state index in [4.69, 9.17) is 11.6 Å². The van der Waals surface area contributed by atoms with Gasteiger partial charge < -0.3 is 10.2 Å². The van der Waals surface area contributed by atoms with E-state index in [0.29, 0.717) is 6.42 Å². The third-order valence-electron chi connectivity index (χ3n) is 5.81. The highest BCUT2D eigenvalue weighted by molar-refractivity contribution is 6.30. The lowest BCUT2D eigenvalue weighted by atomic mass is 9.90. The highest BCUT2D eigenvalue weighted by Gasteiger charge is 2.36. The molecule has 2 aliphatic rings. The average Bonchev–Trinajstić information content (AvgIpc) is 2.73. The molecule has 2 heterocycles. The van der Waals surface area contributed by atoms with Crippen molar-refractivity contribution in [2.75, 3.05) is 31.1 Å². The Morgan fingerprint density at radius 3 is 2.32 bits per heavy atom. The maximum absolute atomic E-state index is 12.8. The summed E-state index contributed by atoms with van der Waals surface area (Å²) in [7, 11) is 0. The molecule has 1 amide bonds. The monoisotopic (exact) mass is 398 g/mol. The fourth-order valence-corrected chi connectivity index (χ4v) is 4.22. The Kier molecular flexibility index (Phi) is 5.85. The molecule has 2 aromatic carbocycles. The minimum atomic E-state index is -0.0955. The summed E-state index contributed by atoms with van der Waals surface area (Å²) in [5, 5.41) is 7.51. The SMILES string of the molecule is CC1NC(N2CCN(c3ccccc3)CC2)NC(=O)C1Cc1ccc(Cl)cc1. The number of hydrogen-bond donors (Lipinski definition) is 2. The molecule has 2 saturated heterocycles. The molecular formula is C22H27ClN4O. The third-order valence-corrected chi connectivity index (χ3v) is 6.06. The first-order valence-electron chi connectivity index (χ1n) is 9.95. The number of para-hydroxylation sites is 1. The van der Waals surface area contributed by atoms with Gasteiger partial charge in [-0.15, -0.1) is 0 Å². The Morgan fingerprint density at radius 2 is 1.68 bits per heavy atom. The van der Waals surface area contributed by atoms with Gasteiger partial charge in [-0.05, 0) is 43.2 Å². The lowest BCUT2D eigenvalue weighted by Gasteiger charge is -2.45. The number of carbonyl (C=O) groups excluding carboxylic acids is 1. The van der Waals surface area contributed by atoms with Gasteiger partial charge >= 0.3 is 0 Å². The Bertz CT molecular complexity index is 790. The van der Waals surface area contributed by atoms with Crippen molar-refractivity contribution in [1.29, 1.82) is 0 Å². The summed E-state index contributed by atoms with van der Waals surface area (Å²) in [6.07, 6.45) is 0.618. The van der Waals surface area contributed by atoms with Crippen LogP contribution in [0.3, 0.4) is 0 Å². The van der Waals surface area contributed by atoms with Gasteiger partial charge in [-0.25, -0.2) is 0 Å². The minimum Gasteiger partial charge on any atom is -0.369 e. The van der Waals surface area contributed by atoms with Crippen LogP contribution < -0.4 is 15.5 Å². The summed E-state index contributed by atoms with van der Waals surface area (Å²) >= 11 is 5.97. The van der Waals surface area contributed by atoms with E-state index in [1.54, 1.807) is 0 Å². The predicted molar refractivity (Wildman–Crippen MR) is 113 cm³/mol. The number of carbonyl (C=O) groups is 1. The summed E-state index contributed by atoms with van der Waals surface area (Å²) in [6.45, 7) is 5.86. The number of hydrogen-bond acceptors (Lipinski definition) is 4. The van der Waals surface area contributed by atoms with Crippen LogP contribution in [0, 0.1) is 5.92 Å². The number of benzene rings is 2. The molecule has 2 fully saturated rings. The molecule has 0 aromatic heterocycles. The molecule has 0 spiro atoms. The zero-order valence-corrected chi connectivity index (χ0v) is 16.9. The summed E-state index contributed by atoms with van der Waals surface area (Å²) in [6, 6.07) is 18.4. The maximum Gasteiger partial charge on any atom is 0.227 e. The van der Waals surface area contributed by atoms with Gasteiger partial charge in [-0.2, -0.15) is 0 Å². The van der Waals surface area contributed by atoms with Crippen LogP contribution >= 0.6 is 11.6 Å². The van der Waals surface area contributed by atoms with Crippen molar-refractivity contribution in [3.63, 3.8) is 0 Å². The standard InChI is InChI=1S/C22H27ClN4O/c1-16-20(15-17-7-9-18(23)10-8-17)21(28)25-22(24-16)27-13-11-26(12-14-27)19-5-3-2-4-6-19/h2-10,16,20,22,24H,11-15H2,1H3,(H,25,28). The molecule has 0 radical (unpaired) electrons. The van der Waals surface area contributed by atoms with E-state index in [1.165, 1.54) is 5.69 Å². The zero-order chi connectivity index (χ0) is 19.5. The molecule has 0 saturated carbocycles. The molecule has 3 atom stereocenters. The van der Waals surface area contributed by atoms with Crippen molar-refractivity contribution >= 4 is 23.2 Å². The quantitative estimate of drug-likeness (QED) is 0.831. The molecule has 5 nitrogen and oxygen atoms in total. The Hall–Kier alpha value is -2.08. The van der Waals surface area contributed by atoms with E-state index in [2.05, 4.69) is 51.6 Å². The van der Waals surface area contributed by atoms with E-state index < -0.39 is 0 Å². The largest absolute Gasteiger partial charge is 0.369 e. The molecule has 28 heavy (non-hydrogen) atoms. The first-order chi connectivity index (χ1) is 13.6. The van der Waals surface area contributed by atoms with Crippen LogP contribution in [0.1, 0.15) is 12.5 Å². The average molecular weight is 399 g/mol. The molecular weight excluding hydrogens is 372 g/mol. The van der Waals surface area contributed by atoms with Crippen molar-refractivity contribution < 1.29 is 4.79 Å². The van der Waals surface area contributed by atoms with Crippen LogP contribution in [0.5, 0.6) is 0 Å². The fraction of sp³-hybridized carbons (Fsp3) is 0.409. The Morgan fingerprint density at radius 1 is 1.00 bits per heavy atom. The highest BCUT2D eigenvalue weighted by atomic mass is 35.5. The summed E-state index contributed by atoms with van der Waals surface area (Å²) in [4.78, 5) is 17.5. The molecule has 2 aromatic rings. The summed E-state index contributed by atoms with van der Waals surface area (Å²) in [5.74, 6) is 0.0414. The van der Waals surface area contributed by atoms with Crippen molar-refractivity contribution in [1.82, 2.24) is 15.5 Å². The molecule has 148 valence electrons. The Balaban J connectivity index is 1.33. The van der Waals surface area contributed by atoms with Crippen molar-refractivity contribution in [3.05, 3.63) is 65.2 Å². The number of rotatable bonds is 4. The predicted octanol–water partition coefficient (Wildman–Crippen LogP) is 2.71. The molecule has 4 rings (SSSR count). The molecule has 3 unspecified atom stereocenters. The first kappa shape index (κ1) is 19.2. The number of piperazine rings is 1. The number of halogens is 1. The first-order valence-corrected chi connectivity index (χ1v) is 10.3. The fourth-order valence-electron chi connectivity index (χ4n) is 4.09. The second-order valence-electron chi connectivity index (χ2n) is 7.66. The van der Waals surface area contributed by atoms with Crippen molar-refractivity contribution in [2.24, 2.45) is 5.92 Å². The van der Waals surface area contributed by atoms with Crippen molar-refractivity contribution in [3.8, 4) is 0 Å². The normalized spacial score (nSPS) is 26.1. The van der Waals surface area contributed by atoms with E-state index in [1.807, 2.05) is 30.3 Å². The van der Waals surface area contributed by atoms with Gasteiger partial charge in [-0.1, -0.05) is 41.9 Å². The van der Waals surface area contributed by atoms with Gasteiger partial charge in [0.1, 0.15) is 6.29 Å². The van der Waals surface area contributed by atoms with E-state index >= 15 is 0 Å². The number of nitrogens with zero attached hydrogens (tertiary/aromatic N) is 2. The summed E-state index contributed by atoms with van der Waals surface area (Å²) in [5.41, 5.74) is 2.40. The van der Waals surface area contributed by atoms with Gasteiger partial charge in [-0.3, -0.25) is 15.0 Å². The smallest absolute Gasteiger partial charge is 0.227 e. The van der Waals surface area contributed by atoms with Gasteiger partial charge in [0.25, 0.3) is 0 Å². The van der Waals surface area contributed by atoms with Crippen LogP contribution in [0.25, 0.3) is 0 Å². The second kappa shape index (κ2) is 8.52. The van der Waals surface area contributed by atoms with Crippen LogP contribution in [0.15, 0.2) is 54.6 Å². The van der Waals surface area contributed by atoms with Gasteiger partial charge in [0.05, 0.1) is 5.92 Å². The van der Waals surface area contributed by atoms with E-state index in [-0.39, 0.29) is 24.2 Å². The molecule has 0 bridgehead atoms.